The van der Waals surface area contributed by atoms with Gasteiger partial charge in [0.15, 0.2) is 0 Å². The number of carboxylic acids is 1. The predicted molar refractivity (Wildman–Crippen MR) is 126 cm³/mol. The first kappa shape index (κ1) is 25.0. The van der Waals surface area contributed by atoms with Gasteiger partial charge in [-0.05, 0) is 74.5 Å². The quantitative estimate of drug-likeness (QED) is 0.564. The van der Waals surface area contributed by atoms with E-state index in [0.717, 1.165) is 11.1 Å². The van der Waals surface area contributed by atoms with E-state index in [2.05, 4.69) is 5.10 Å². The summed E-state index contributed by atoms with van der Waals surface area (Å²) in [5, 5.41) is 23.6. The zero-order valence-corrected chi connectivity index (χ0v) is 20.2. The van der Waals surface area contributed by atoms with Crippen LogP contribution in [-0.4, -0.2) is 44.7 Å². The van der Waals surface area contributed by atoms with Gasteiger partial charge in [-0.25, -0.2) is 0 Å². The van der Waals surface area contributed by atoms with Gasteiger partial charge in [0, 0.05) is 12.2 Å². The Kier molecular flexibility index (Phi) is 6.27. The number of benzene rings is 1. The number of aliphatic hydroxyl groups excluding tert-OH is 1. The molecule has 3 aliphatic carbocycles. The topological polar surface area (TPSA) is 92.4 Å². The third kappa shape index (κ3) is 4.06. The minimum Gasteiger partial charge on any atom is -0.481 e. The molecule has 192 valence electrons. The number of aromatic nitrogens is 2. The van der Waals surface area contributed by atoms with Crippen molar-refractivity contribution in [1.29, 1.82) is 0 Å². The van der Waals surface area contributed by atoms with Crippen LogP contribution in [0.2, 0.25) is 5.02 Å². The Morgan fingerprint density at radius 3 is 2.53 bits per heavy atom. The molecule has 0 radical (unpaired) electrons. The van der Waals surface area contributed by atoms with Gasteiger partial charge < -0.3 is 10.2 Å². The summed E-state index contributed by atoms with van der Waals surface area (Å²) in [5.41, 5.74) is 0.414. The Labute approximate surface area is 210 Å². The molecule has 1 aromatic carbocycles. The standard InChI is InChI=1S/C26H26ClF3N2O4/c27-19-3-1-2-18(25(10-11-25)26(28,29)30)21(19)23(34)32-20-12-14(13-33)4-9-17(20)22(31-32)15-5-7-16(8-6-15)24(35)36/h1-3,5,14,16,33H,4,6-13H2,(H,35,36). The van der Waals surface area contributed by atoms with E-state index in [0.29, 0.717) is 49.9 Å². The lowest BCUT2D eigenvalue weighted by Crippen LogP contribution is -2.32. The molecule has 10 heteroatoms. The summed E-state index contributed by atoms with van der Waals surface area (Å²) in [5.74, 6) is -2.15. The second-order valence-corrected chi connectivity index (χ2v) is 10.5. The number of aliphatic hydroxyl groups is 1. The molecular weight excluding hydrogens is 497 g/mol. The number of allylic oxidation sites excluding steroid dienone is 2. The fraction of sp³-hybridized carbons (Fsp3) is 0.500. The zero-order valence-electron chi connectivity index (χ0n) is 19.4. The van der Waals surface area contributed by atoms with E-state index in [1.165, 1.54) is 22.9 Å². The van der Waals surface area contributed by atoms with E-state index in [1.54, 1.807) is 0 Å². The van der Waals surface area contributed by atoms with E-state index < -0.39 is 29.4 Å². The SMILES string of the molecule is O=C(O)C1CC=C(c2nn(C(=O)c3c(Cl)cccc3C3(C(F)(F)F)CC3)c3c2CCC(CO)C3)CC1. The number of carboxylic acid groups (broad SMARTS) is 1. The minimum atomic E-state index is -4.52. The van der Waals surface area contributed by atoms with E-state index >= 15 is 0 Å². The van der Waals surface area contributed by atoms with E-state index in [1.807, 2.05) is 6.08 Å². The molecule has 2 unspecified atom stereocenters. The van der Waals surface area contributed by atoms with Crippen molar-refractivity contribution in [1.82, 2.24) is 9.78 Å². The van der Waals surface area contributed by atoms with Crippen LogP contribution in [-0.2, 0) is 23.1 Å². The summed E-state index contributed by atoms with van der Waals surface area (Å²) in [6.07, 6.45) is -0.0136. The van der Waals surface area contributed by atoms with Gasteiger partial charge in [0.05, 0.1) is 33.3 Å². The van der Waals surface area contributed by atoms with Crippen LogP contribution < -0.4 is 0 Å². The van der Waals surface area contributed by atoms with Gasteiger partial charge in [-0.15, -0.1) is 0 Å². The maximum absolute atomic E-state index is 14.0. The maximum atomic E-state index is 14.0. The Morgan fingerprint density at radius 2 is 1.94 bits per heavy atom. The molecule has 2 N–H and O–H groups in total. The number of nitrogens with zero attached hydrogens (tertiary/aromatic N) is 2. The third-order valence-corrected chi connectivity index (χ3v) is 8.24. The number of fused-ring (bicyclic) bond motifs is 1. The zero-order chi connectivity index (χ0) is 25.8. The van der Waals surface area contributed by atoms with Gasteiger partial charge >= 0.3 is 12.1 Å². The number of aliphatic carboxylic acids is 1. The lowest BCUT2D eigenvalue weighted by molar-refractivity contribution is -0.160. The van der Waals surface area contributed by atoms with Crippen LogP contribution in [0.4, 0.5) is 13.2 Å². The van der Waals surface area contributed by atoms with Gasteiger partial charge in [-0.2, -0.15) is 23.0 Å². The molecule has 0 aliphatic heterocycles. The van der Waals surface area contributed by atoms with E-state index in [4.69, 9.17) is 11.6 Å². The number of carbonyl (C=O) groups excluding carboxylic acids is 1. The number of carbonyl (C=O) groups is 2. The second-order valence-electron chi connectivity index (χ2n) is 10.1. The van der Waals surface area contributed by atoms with Crippen LogP contribution >= 0.6 is 11.6 Å². The first-order chi connectivity index (χ1) is 17.1. The van der Waals surface area contributed by atoms with Crippen molar-refractivity contribution in [2.45, 2.75) is 63.0 Å². The molecule has 1 saturated carbocycles. The van der Waals surface area contributed by atoms with Crippen molar-refractivity contribution in [3.63, 3.8) is 0 Å². The molecule has 2 aromatic rings. The molecule has 0 spiro atoms. The van der Waals surface area contributed by atoms with Gasteiger partial charge in [0.25, 0.3) is 5.91 Å². The summed E-state index contributed by atoms with van der Waals surface area (Å²) in [7, 11) is 0. The summed E-state index contributed by atoms with van der Waals surface area (Å²) in [6.45, 7) is -0.0777. The normalized spacial score (nSPS) is 23.1. The highest BCUT2D eigenvalue weighted by atomic mass is 35.5. The largest absolute Gasteiger partial charge is 0.481 e. The smallest absolute Gasteiger partial charge is 0.398 e. The molecule has 0 bridgehead atoms. The number of hydrogen-bond donors (Lipinski definition) is 2. The molecule has 1 heterocycles. The molecule has 5 rings (SSSR count). The van der Waals surface area contributed by atoms with Crippen LogP contribution in [0.3, 0.4) is 0 Å². The average Bonchev–Trinajstić information content (AvgIpc) is 3.59. The van der Waals surface area contributed by atoms with Crippen molar-refractivity contribution in [3.05, 3.63) is 57.4 Å². The lowest BCUT2D eigenvalue weighted by Gasteiger charge is -2.24. The van der Waals surface area contributed by atoms with Crippen LogP contribution in [0.5, 0.6) is 0 Å². The molecule has 1 aromatic heterocycles. The number of rotatable bonds is 5. The molecule has 0 saturated heterocycles. The van der Waals surface area contributed by atoms with Gasteiger partial charge in [-0.3, -0.25) is 9.59 Å². The number of alkyl halides is 3. The molecule has 0 amide bonds. The monoisotopic (exact) mass is 522 g/mol. The molecule has 6 nitrogen and oxygen atoms in total. The third-order valence-electron chi connectivity index (χ3n) is 7.93. The second kappa shape index (κ2) is 9.03. The molecule has 2 atom stereocenters. The van der Waals surface area contributed by atoms with Crippen molar-refractivity contribution in [2.75, 3.05) is 6.61 Å². The van der Waals surface area contributed by atoms with Crippen molar-refractivity contribution in [2.24, 2.45) is 11.8 Å². The minimum absolute atomic E-state index is 0.0606. The fourth-order valence-electron chi connectivity index (χ4n) is 5.61. The van der Waals surface area contributed by atoms with Crippen LogP contribution in [0.15, 0.2) is 24.3 Å². The van der Waals surface area contributed by atoms with Crippen molar-refractivity contribution >= 4 is 29.1 Å². The highest BCUT2D eigenvalue weighted by molar-refractivity contribution is 6.34. The van der Waals surface area contributed by atoms with E-state index in [9.17, 15) is 33.0 Å². The Balaban J connectivity index is 1.61. The maximum Gasteiger partial charge on any atom is 0.398 e. The first-order valence-corrected chi connectivity index (χ1v) is 12.5. The summed E-state index contributed by atoms with van der Waals surface area (Å²) >= 11 is 6.36. The Bertz CT molecular complexity index is 1260. The molecule has 36 heavy (non-hydrogen) atoms. The highest BCUT2D eigenvalue weighted by Crippen LogP contribution is 2.60. The summed E-state index contributed by atoms with van der Waals surface area (Å²) in [4.78, 5) is 25.2. The van der Waals surface area contributed by atoms with Crippen LogP contribution in [0, 0.1) is 11.8 Å². The van der Waals surface area contributed by atoms with E-state index in [-0.39, 0.29) is 41.5 Å². The Hall–Kier alpha value is -2.65. The average molecular weight is 523 g/mol. The Morgan fingerprint density at radius 1 is 1.19 bits per heavy atom. The first-order valence-electron chi connectivity index (χ1n) is 12.1. The predicted octanol–water partition coefficient (Wildman–Crippen LogP) is 5.18. The van der Waals surface area contributed by atoms with Crippen LogP contribution in [0.25, 0.3) is 5.57 Å². The summed E-state index contributed by atoms with van der Waals surface area (Å²) in [6, 6.07) is 4.16. The lowest BCUT2D eigenvalue weighted by atomic mass is 9.83. The summed E-state index contributed by atoms with van der Waals surface area (Å²) < 4.78 is 43.2. The molecule has 3 aliphatic rings. The van der Waals surface area contributed by atoms with Gasteiger partial charge in [-0.1, -0.05) is 29.8 Å². The molecular formula is C26H26ClF3N2O4. The van der Waals surface area contributed by atoms with Crippen molar-refractivity contribution < 1.29 is 33.0 Å². The number of hydrogen-bond acceptors (Lipinski definition) is 4. The fourth-order valence-corrected chi connectivity index (χ4v) is 5.87. The number of halogens is 4. The van der Waals surface area contributed by atoms with Crippen LogP contribution in [0.1, 0.15) is 71.4 Å². The molecule has 1 fully saturated rings. The van der Waals surface area contributed by atoms with Gasteiger partial charge in [0.1, 0.15) is 0 Å². The van der Waals surface area contributed by atoms with Gasteiger partial charge in [0.2, 0.25) is 0 Å². The highest BCUT2D eigenvalue weighted by Gasteiger charge is 2.65. The van der Waals surface area contributed by atoms with Crippen molar-refractivity contribution in [3.8, 4) is 0 Å².